The molecule has 0 spiro atoms. The minimum absolute atomic E-state index is 0.213. The maximum atomic E-state index is 14.5. The zero-order chi connectivity index (χ0) is 39.8. The number of carbonyl (C=O) groups excluding carboxylic acids is 2. The number of nitrogens with one attached hydrogen (secondary N) is 2. The Labute approximate surface area is 341 Å². The Hall–Kier alpha value is -5.67. The molecule has 0 amide bonds. The normalized spacial score (nSPS) is 17.3. The van der Waals surface area contributed by atoms with E-state index in [1.165, 1.54) is 0 Å². The maximum Gasteiger partial charge on any atom is 0.196 e. The summed E-state index contributed by atoms with van der Waals surface area (Å²) in [6.07, 6.45) is 0. The number of fused-ring (bicyclic) bond motifs is 4. The molecule has 3 heterocycles. The fourth-order valence-electron chi connectivity index (χ4n) is 6.45. The highest BCUT2D eigenvalue weighted by Crippen LogP contribution is 2.33. The van der Waals surface area contributed by atoms with E-state index < -0.39 is 4.30 Å². The van der Waals surface area contributed by atoms with Crippen LogP contribution in [0.2, 0.25) is 0 Å². The maximum absolute atomic E-state index is 14.5. The van der Waals surface area contributed by atoms with Crippen LogP contribution in [0.1, 0.15) is 59.5 Å². The lowest BCUT2D eigenvalue weighted by molar-refractivity contribution is 0.103. The van der Waals surface area contributed by atoms with E-state index >= 15 is 0 Å². The summed E-state index contributed by atoms with van der Waals surface area (Å²) in [5.74, 6) is 0.706. The summed E-state index contributed by atoms with van der Waals surface area (Å²) in [4.78, 5) is 39.1. The van der Waals surface area contributed by atoms with Gasteiger partial charge in [-0.3, -0.25) is 19.6 Å². The first-order chi connectivity index (χ1) is 27.0. The molecule has 5 aromatic rings. The predicted octanol–water partition coefficient (Wildman–Crippen LogP) is 12.2. The topological polar surface area (TPSA) is 101 Å². The Morgan fingerprint density at radius 2 is 0.929 bits per heavy atom. The fraction of sp³-hybridized carbons (Fsp3) is 0.156. The number of alkyl halides is 3. The van der Waals surface area contributed by atoms with Crippen LogP contribution in [0.25, 0.3) is 0 Å². The van der Waals surface area contributed by atoms with Gasteiger partial charge in [0.2, 0.25) is 0 Å². The van der Waals surface area contributed by atoms with Crippen LogP contribution in [-0.2, 0) is 13.2 Å². The third kappa shape index (κ3) is 9.95. The molecule has 8 nitrogen and oxygen atoms in total. The third-order valence-electron chi connectivity index (χ3n) is 8.95. The molecule has 0 aromatic heterocycles. The van der Waals surface area contributed by atoms with Crippen molar-refractivity contribution < 1.29 is 19.1 Å². The van der Waals surface area contributed by atoms with Crippen molar-refractivity contribution in [2.75, 3.05) is 10.6 Å². The number of ketones is 2. The quantitative estimate of drug-likeness (QED) is 0.151. The van der Waals surface area contributed by atoms with Gasteiger partial charge in [-0.1, -0.05) is 102 Å². The standard InChI is InChI=1S/C44H38N4O4.CHCl3/c1-27-41-28(2)46-39-20-7-8-21-40(39)48-30(4)42(29(3)47-38-19-6-5-18-37(38)45-27)44(50)34-15-11-17-36(24-34)52-26-32-13-9-12-31(22-32)25-51-35-16-10-14-33(23-35)43(41)49;2-1(3)4/h5-24,45,48H,25-26H2,1-4H3;1H/b41-27+,42-30+,46-28?,47-29?;. The number of anilines is 2. The summed E-state index contributed by atoms with van der Waals surface area (Å²) in [5, 5.41) is 6.93. The summed E-state index contributed by atoms with van der Waals surface area (Å²) in [5.41, 5.74) is 8.38. The minimum atomic E-state index is -0.750. The van der Waals surface area contributed by atoms with Crippen molar-refractivity contribution in [1.29, 1.82) is 0 Å². The SMILES string of the molecule is CC1=Nc2ccccc2N/C(C)=C2/C(=O)c3cccc(c3)OCc3cccc(c3)COc3cccc(c3)C(=O)/C1=C(\C)Nc1ccccc1N=C2C.ClC(Cl)Cl. The molecule has 0 aliphatic carbocycles. The molecule has 3 aliphatic heterocycles. The number of para-hydroxylation sites is 4. The third-order valence-corrected chi connectivity index (χ3v) is 8.95. The summed E-state index contributed by atoms with van der Waals surface area (Å²) in [6.45, 7) is 7.98. The molecular weight excluding hydrogens is 767 g/mol. The first-order valence-corrected chi connectivity index (χ1v) is 19.1. The average molecular weight is 806 g/mol. The Bertz CT molecular complexity index is 2260. The zero-order valence-corrected chi connectivity index (χ0v) is 33.5. The number of nitrogens with zero attached hydrogens (tertiary/aromatic N) is 2. The summed E-state index contributed by atoms with van der Waals surface area (Å²) in [6, 6.07) is 37.5. The van der Waals surface area contributed by atoms with Gasteiger partial charge in [-0.05, 0) is 93.4 Å². The van der Waals surface area contributed by atoms with E-state index in [4.69, 9.17) is 54.3 Å². The number of benzene rings is 5. The lowest BCUT2D eigenvalue weighted by atomic mass is 9.97. The monoisotopic (exact) mass is 804 g/mol. The minimum Gasteiger partial charge on any atom is -0.489 e. The number of aliphatic imine (C=N–C) groups is 2. The molecule has 0 radical (unpaired) electrons. The number of Topliss-reactive ketones (excluding diaryl/α,β-unsaturated/α-hetero) is 2. The van der Waals surface area contributed by atoms with E-state index in [0.29, 0.717) is 92.6 Å². The lowest BCUT2D eigenvalue weighted by Gasteiger charge is -2.19. The van der Waals surface area contributed by atoms with Gasteiger partial charge in [-0.15, -0.1) is 0 Å². The summed E-state index contributed by atoms with van der Waals surface area (Å²) in [7, 11) is 0. The van der Waals surface area contributed by atoms with Crippen molar-refractivity contribution in [1.82, 2.24) is 0 Å². The van der Waals surface area contributed by atoms with Crippen LogP contribution in [0.15, 0.2) is 154 Å². The second-order valence-electron chi connectivity index (χ2n) is 13.0. The first-order valence-electron chi connectivity index (χ1n) is 17.8. The molecule has 11 heteroatoms. The molecule has 0 atom stereocenters. The zero-order valence-electron chi connectivity index (χ0n) is 31.2. The highest BCUT2D eigenvalue weighted by molar-refractivity contribution is 6.63. The predicted molar refractivity (Wildman–Crippen MR) is 229 cm³/mol. The van der Waals surface area contributed by atoms with Crippen LogP contribution < -0.4 is 20.1 Å². The van der Waals surface area contributed by atoms with E-state index in [-0.39, 0.29) is 11.6 Å². The van der Waals surface area contributed by atoms with Gasteiger partial charge in [0.1, 0.15) is 24.7 Å². The smallest absolute Gasteiger partial charge is 0.196 e. The number of hydrogen-bond acceptors (Lipinski definition) is 8. The van der Waals surface area contributed by atoms with Crippen molar-refractivity contribution in [3.05, 3.63) is 166 Å². The molecule has 0 saturated carbocycles. The number of halogens is 3. The van der Waals surface area contributed by atoms with Crippen LogP contribution >= 0.6 is 34.8 Å². The van der Waals surface area contributed by atoms with Gasteiger partial charge in [0.05, 0.1) is 45.3 Å². The van der Waals surface area contributed by atoms with Crippen molar-refractivity contribution in [3.63, 3.8) is 0 Å². The second kappa shape index (κ2) is 18.3. The molecule has 56 heavy (non-hydrogen) atoms. The molecular formula is C45H39Cl3N4O4. The van der Waals surface area contributed by atoms with Crippen LogP contribution in [-0.4, -0.2) is 27.3 Å². The Balaban J connectivity index is 0.00000127. The summed E-state index contributed by atoms with van der Waals surface area (Å²) >= 11 is 14.4. The van der Waals surface area contributed by atoms with Crippen LogP contribution in [0.5, 0.6) is 11.5 Å². The molecule has 2 N–H and O–H groups in total. The van der Waals surface area contributed by atoms with Crippen LogP contribution in [0.4, 0.5) is 22.7 Å². The molecule has 3 aliphatic rings. The highest BCUT2D eigenvalue weighted by Gasteiger charge is 2.23. The van der Waals surface area contributed by atoms with Gasteiger partial charge in [-0.2, -0.15) is 0 Å². The number of hydrogen-bond donors (Lipinski definition) is 2. The van der Waals surface area contributed by atoms with Gasteiger partial charge >= 0.3 is 0 Å². The molecule has 0 fully saturated rings. The van der Waals surface area contributed by atoms with Gasteiger partial charge in [0.15, 0.2) is 15.9 Å². The van der Waals surface area contributed by atoms with Gasteiger partial charge < -0.3 is 20.1 Å². The van der Waals surface area contributed by atoms with E-state index in [1.807, 2.05) is 125 Å². The fourth-order valence-corrected chi connectivity index (χ4v) is 6.45. The van der Waals surface area contributed by atoms with Crippen molar-refractivity contribution in [2.24, 2.45) is 9.98 Å². The number of ether oxygens (including phenoxy) is 2. The lowest BCUT2D eigenvalue weighted by Crippen LogP contribution is -2.18. The number of carbonyl (C=O) groups is 2. The number of allylic oxidation sites excluding steroid dienone is 4. The van der Waals surface area contributed by atoms with E-state index in [9.17, 15) is 9.59 Å². The van der Waals surface area contributed by atoms with Crippen molar-refractivity contribution in [3.8, 4) is 11.5 Å². The molecule has 5 aromatic carbocycles. The van der Waals surface area contributed by atoms with Gasteiger partial charge in [0, 0.05) is 22.5 Å². The van der Waals surface area contributed by atoms with E-state index in [1.54, 1.807) is 24.3 Å². The average Bonchev–Trinajstić information content (AvgIpc) is 3.17. The van der Waals surface area contributed by atoms with Crippen molar-refractivity contribution in [2.45, 2.75) is 45.2 Å². The largest absolute Gasteiger partial charge is 0.489 e. The first kappa shape index (κ1) is 40.0. The molecule has 0 unspecified atom stereocenters. The molecule has 0 saturated heterocycles. The Morgan fingerprint density at radius 3 is 1.36 bits per heavy atom. The second-order valence-corrected chi connectivity index (χ2v) is 15.0. The molecule has 284 valence electrons. The van der Waals surface area contributed by atoms with E-state index in [0.717, 1.165) is 11.1 Å². The van der Waals surface area contributed by atoms with Gasteiger partial charge in [0.25, 0.3) is 0 Å². The summed E-state index contributed by atoms with van der Waals surface area (Å²) < 4.78 is 11.7. The molecule has 8 bridgehead atoms. The van der Waals surface area contributed by atoms with Crippen LogP contribution in [0, 0.1) is 0 Å². The van der Waals surface area contributed by atoms with E-state index in [2.05, 4.69) is 10.6 Å². The Morgan fingerprint density at radius 1 is 0.536 bits per heavy atom. The molecule has 8 rings (SSSR count). The number of rotatable bonds is 0. The van der Waals surface area contributed by atoms with Gasteiger partial charge in [-0.25, -0.2) is 0 Å². The van der Waals surface area contributed by atoms with Crippen LogP contribution in [0.3, 0.4) is 0 Å². The van der Waals surface area contributed by atoms with Crippen molar-refractivity contribution >= 4 is 80.5 Å². The highest BCUT2D eigenvalue weighted by atomic mass is 35.6. The Kier molecular flexibility index (Phi) is 13.1.